The van der Waals surface area contributed by atoms with Crippen molar-refractivity contribution >= 4 is 5.91 Å². The van der Waals surface area contributed by atoms with Gasteiger partial charge in [0.15, 0.2) is 11.5 Å². The van der Waals surface area contributed by atoms with Gasteiger partial charge in [0.25, 0.3) is 0 Å². The molecule has 26 heavy (non-hydrogen) atoms. The number of amides is 1. The number of hydrogen-bond donors (Lipinski definition) is 0. The van der Waals surface area contributed by atoms with Gasteiger partial charge in [0.2, 0.25) is 5.91 Å². The number of ether oxygens (including phenoxy) is 3. The van der Waals surface area contributed by atoms with Crippen LogP contribution in [0.15, 0.2) is 12.1 Å². The maximum Gasteiger partial charge on any atom is 0.226 e. The van der Waals surface area contributed by atoms with E-state index in [1.807, 2.05) is 0 Å². The van der Waals surface area contributed by atoms with E-state index >= 15 is 0 Å². The second-order valence-corrected chi connectivity index (χ2v) is 8.40. The molecular formula is C21H27NO4. The van der Waals surface area contributed by atoms with E-state index in [1.165, 1.54) is 24.0 Å². The Morgan fingerprint density at radius 2 is 1.81 bits per heavy atom. The van der Waals surface area contributed by atoms with E-state index in [9.17, 15) is 4.79 Å². The van der Waals surface area contributed by atoms with Crippen molar-refractivity contribution in [2.45, 2.75) is 44.1 Å². The Balaban J connectivity index is 1.37. The lowest BCUT2D eigenvalue weighted by molar-refractivity contribution is -0.142. The summed E-state index contributed by atoms with van der Waals surface area (Å²) in [7, 11) is 3.35. The van der Waals surface area contributed by atoms with E-state index in [0.717, 1.165) is 56.9 Å². The minimum atomic E-state index is -0.287. The number of carbonyl (C=O) groups is 1. The zero-order valence-corrected chi connectivity index (χ0v) is 15.7. The van der Waals surface area contributed by atoms with E-state index in [-0.39, 0.29) is 5.60 Å². The molecule has 0 aromatic heterocycles. The van der Waals surface area contributed by atoms with Crippen LogP contribution in [-0.4, -0.2) is 44.7 Å². The minimum Gasteiger partial charge on any atom is -0.493 e. The SMILES string of the molecule is COc1cc2c(cc1OC)C1(CCN(C(=O)C3CC34CC4)CC1)OCC2. The van der Waals surface area contributed by atoms with Gasteiger partial charge in [-0.25, -0.2) is 0 Å². The standard InChI is InChI=1S/C21H27NO4/c1-24-17-11-14-3-10-26-21(15(14)12-18(17)25-2)6-8-22(9-7-21)19(23)16-13-20(16)4-5-20/h11-12,16H,3-10,13H2,1-2H3. The van der Waals surface area contributed by atoms with Crippen LogP contribution in [0.25, 0.3) is 0 Å². The van der Waals surface area contributed by atoms with E-state index in [0.29, 0.717) is 17.2 Å². The third-order valence-electron chi connectivity index (χ3n) is 7.11. The molecule has 5 rings (SSSR count). The lowest BCUT2D eigenvalue weighted by atomic mass is 9.79. The Morgan fingerprint density at radius 1 is 1.12 bits per heavy atom. The number of piperidine rings is 1. The van der Waals surface area contributed by atoms with Gasteiger partial charge in [-0.2, -0.15) is 0 Å². The van der Waals surface area contributed by atoms with Crippen LogP contribution < -0.4 is 9.47 Å². The fourth-order valence-electron chi connectivity index (χ4n) is 5.12. The smallest absolute Gasteiger partial charge is 0.226 e. The zero-order valence-electron chi connectivity index (χ0n) is 15.7. The maximum absolute atomic E-state index is 12.8. The van der Waals surface area contributed by atoms with Gasteiger partial charge in [0.05, 0.1) is 26.4 Å². The number of methoxy groups -OCH3 is 2. The Labute approximate surface area is 154 Å². The van der Waals surface area contributed by atoms with Crippen molar-refractivity contribution < 1.29 is 19.0 Å². The fourth-order valence-corrected chi connectivity index (χ4v) is 5.12. The third kappa shape index (κ3) is 2.36. The molecule has 2 saturated carbocycles. The summed E-state index contributed by atoms with van der Waals surface area (Å²) < 4.78 is 17.3. The molecule has 2 aliphatic heterocycles. The molecule has 1 aromatic carbocycles. The van der Waals surface area contributed by atoms with Gasteiger partial charge in [0.1, 0.15) is 0 Å². The topological polar surface area (TPSA) is 48.0 Å². The molecule has 0 N–H and O–H groups in total. The quantitative estimate of drug-likeness (QED) is 0.835. The van der Waals surface area contributed by atoms with Crippen LogP contribution in [-0.2, 0) is 21.6 Å². The summed E-state index contributed by atoms with van der Waals surface area (Å²) in [4.78, 5) is 14.9. The van der Waals surface area contributed by atoms with Gasteiger partial charge in [0, 0.05) is 19.0 Å². The molecule has 5 nitrogen and oxygen atoms in total. The van der Waals surface area contributed by atoms with Gasteiger partial charge in [-0.3, -0.25) is 4.79 Å². The summed E-state index contributed by atoms with van der Waals surface area (Å²) in [6, 6.07) is 4.18. The molecule has 3 fully saturated rings. The monoisotopic (exact) mass is 357 g/mol. The molecule has 2 spiro atoms. The molecule has 0 radical (unpaired) electrons. The van der Waals surface area contributed by atoms with Crippen LogP contribution in [0.3, 0.4) is 0 Å². The molecule has 140 valence electrons. The maximum atomic E-state index is 12.8. The number of carbonyl (C=O) groups excluding carboxylic acids is 1. The summed E-state index contributed by atoms with van der Waals surface area (Å²) in [5, 5.41) is 0. The highest BCUT2D eigenvalue weighted by Crippen LogP contribution is 2.71. The molecule has 2 aliphatic carbocycles. The summed E-state index contributed by atoms with van der Waals surface area (Å²) in [6.45, 7) is 2.31. The van der Waals surface area contributed by atoms with Gasteiger partial charge in [-0.1, -0.05) is 0 Å². The van der Waals surface area contributed by atoms with Crippen LogP contribution in [0.1, 0.15) is 43.2 Å². The number of likely N-dealkylation sites (tertiary alicyclic amines) is 1. The Kier molecular flexibility index (Phi) is 3.55. The predicted molar refractivity (Wildman–Crippen MR) is 96.5 cm³/mol. The normalized spacial score (nSPS) is 27.2. The molecule has 5 heteroatoms. The predicted octanol–water partition coefficient (Wildman–Crippen LogP) is 2.89. The van der Waals surface area contributed by atoms with Crippen molar-refractivity contribution in [3.8, 4) is 11.5 Å². The highest BCUT2D eigenvalue weighted by Gasteiger charge is 2.66. The first-order chi connectivity index (χ1) is 12.6. The molecule has 1 unspecified atom stereocenters. The summed E-state index contributed by atoms with van der Waals surface area (Å²) in [6.07, 6.45) is 6.27. The molecule has 0 bridgehead atoms. The van der Waals surface area contributed by atoms with Crippen LogP contribution in [0.2, 0.25) is 0 Å². The Morgan fingerprint density at radius 3 is 2.42 bits per heavy atom. The third-order valence-corrected chi connectivity index (χ3v) is 7.11. The van der Waals surface area contributed by atoms with Crippen molar-refractivity contribution in [2.24, 2.45) is 11.3 Å². The first-order valence-electron chi connectivity index (χ1n) is 9.79. The van der Waals surface area contributed by atoms with E-state index in [1.54, 1.807) is 14.2 Å². The van der Waals surface area contributed by atoms with Crippen LogP contribution in [0.4, 0.5) is 0 Å². The number of hydrogen-bond acceptors (Lipinski definition) is 4. The lowest BCUT2D eigenvalue weighted by Gasteiger charge is -2.45. The van der Waals surface area contributed by atoms with Gasteiger partial charge >= 0.3 is 0 Å². The van der Waals surface area contributed by atoms with E-state index in [2.05, 4.69) is 17.0 Å². The Hall–Kier alpha value is -1.75. The lowest BCUT2D eigenvalue weighted by Crippen LogP contribution is -2.48. The van der Waals surface area contributed by atoms with Gasteiger partial charge < -0.3 is 19.1 Å². The number of nitrogens with zero attached hydrogens (tertiary/aromatic N) is 1. The Bertz CT molecular complexity index is 747. The number of rotatable bonds is 3. The van der Waals surface area contributed by atoms with E-state index in [4.69, 9.17) is 14.2 Å². The van der Waals surface area contributed by atoms with Crippen molar-refractivity contribution in [3.63, 3.8) is 0 Å². The first kappa shape index (κ1) is 16.4. The van der Waals surface area contributed by atoms with E-state index < -0.39 is 0 Å². The molecule has 1 atom stereocenters. The first-order valence-corrected chi connectivity index (χ1v) is 9.79. The van der Waals surface area contributed by atoms with Crippen molar-refractivity contribution in [2.75, 3.05) is 33.9 Å². The highest BCUT2D eigenvalue weighted by atomic mass is 16.5. The number of benzene rings is 1. The summed E-state index contributed by atoms with van der Waals surface area (Å²) in [5.41, 5.74) is 2.65. The minimum absolute atomic E-state index is 0.287. The average Bonchev–Trinajstić information content (AvgIpc) is 3.60. The van der Waals surface area contributed by atoms with Crippen LogP contribution >= 0.6 is 0 Å². The second kappa shape index (κ2) is 5.62. The van der Waals surface area contributed by atoms with Crippen molar-refractivity contribution in [1.29, 1.82) is 0 Å². The second-order valence-electron chi connectivity index (χ2n) is 8.40. The molecule has 2 heterocycles. The van der Waals surface area contributed by atoms with Crippen LogP contribution in [0.5, 0.6) is 11.5 Å². The largest absolute Gasteiger partial charge is 0.493 e. The zero-order chi connectivity index (χ0) is 17.9. The highest BCUT2D eigenvalue weighted by molar-refractivity contribution is 5.83. The molecule has 1 aromatic rings. The summed E-state index contributed by atoms with van der Waals surface area (Å²) in [5.74, 6) is 2.24. The molecule has 1 saturated heterocycles. The van der Waals surface area contributed by atoms with Crippen molar-refractivity contribution in [1.82, 2.24) is 4.90 Å². The summed E-state index contributed by atoms with van der Waals surface area (Å²) >= 11 is 0. The van der Waals surface area contributed by atoms with Crippen LogP contribution in [0, 0.1) is 11.3 Å². The molecular weight excluding hydrogens is 330 g/mol. The average molecular weight is 357 g/mol. The van der Waals surface area contributed by atoms with Crippen molar-refractivity contribution in [3.05, 3.63) is 23.3 Å². The van der Waals surface area contributed by atoms with Gasteiger partial charge in [-0.15, -0.1) is 0 Å². The number of fused-ring (bicyclic) bond motifs is 2. The van der Waals surface area contributed by atoms with Gasteiger partial charge in [-0.05, 0) is 67.2 Å². The molecule has 4 aliphatic rings. The fraction of sp³-hybridized carbons (Fsp3) is 0.667. The molecule has 1 amide bonds.